The molecule has 4 heterocycles. The summed E-state index contributed by atoms with van der Waals surface area (Å²) >= 11 is 0. The fraction of sp³-hybridized carbons (Fsp3) is 0.476. The van der Waals surface area contributed by atoms with Crippen LogP contribution >= 0.6 is 0 Å². The molecule has 1 N–H and O–H groups in total. The van der Waals surface area contributed by atoms with Crippen molar-refractivity contribution in [2.75, 3.05) is 32.6 Å². The number of piperidine rings is 3. The topological polar surface area (TPSA) is 46.6 Å². The minimum absolute atomic E-state index is 0.511. The van der Waals surface area contributed by atoms with E-state index in [1.807, 2.05) is 30.5 Å². The normalized spacial score (nSPS) is 27.2. The summed E-state index contributed by atoms with van der Waals surface area (Å²) in [5.74, 6) is 2.36. The average Bonchev–Trinajstić information content (AvgIpc) is 2.71. The van der Waals surface area contributed by atoms with Gasteiger partial charge in [0.2, 0.25) is 0 Å². The lowest BCUT2D eigenvalue weighted by Crippen LogP contribution is -2.59. The van der Waals surface area contributed by atoms with Crippen LogP contribution in [0, 0.1) is 5.92 Å². The minimum atomic E-state index is 0.511. The second kappa shape index (κ2) is 7.16. The fourth-order valence-corrected chi connectivity index (χ4v) is 4.39. The number of nitrogens with one attached hydrogen (secondary N) is 1. The fourth-order valence-electron chi connectivity index (χ4n) is 4.39. The zero-order valence-electron chi connectivity index (χ0n) is 15.7. The van der Waals surface area contributed by atoms with Gasteiger partial charge >= 0.3 is 0 Å². The Bertz CT molecular complexity index is 752. The third-order valence-corrected chi connectivity index (χ3v) is 5.96. The highest BCUT2D eigenvalue weighted by atomic mass is 16.5. The lowest BCUT2D eigenvalue weighted by atomic mass is 9.79. The third-order valence-electron chi connectivity index (χ3n) is 5.96. The summed E-state index contributed by atoms with van der Waals surface area (Å²) in [6.07, 6.45) is 4.53. The van der Waals surface area contributed by atoms with E-state index in [0.717, 1.165) is 34.4 Å². The maximum atomic E-state index is 5.48. The summed E-state index contributed by atoms with van der Waals surface area (Å²) in [6, 6.07) is 11.0. The molecular weight excluding hydrogens is 326 g/mol. The molecule has 5 heteroatoms. The first-order valence-electron chi connectivity index (χ1n) is 9.38. The number of hydrogen-bond acceptors (Lipinski definition) is 5. The molecule has 0 spiro atoms. The Hall–Kier alpha value is -2.27. The number of ether oxygens (including phenoxy) is 2. The molecule has 5 nitrogen and oxygen atoms in total. The zero-order chi connectivity index (χ0) is 18.1. The molecule has 1 aromatic heterocycles. The summed E-state index contributed by atoms with van der Waals surface area (Å²) in [5, 5.41) is 3.73. The Morgan fingerprint density at radius 1 is 1.08 bits per heavy atom. The quantitative estimate of drug-likeness (QED) is 0.889. The van der Waals surface area contributed by atoms with E-state index in [-0.39, 0.29) is 0 Å². The molecule has 0 saturated carbocycles. The number of rotatable bonds is 5. The molecule has 5 rings (SSSR count). The van der Waals surface area contributed by atoms with E-state index < -0.39 is 0 Å². The van der Waals surface area contributed by atoms with Crippen LogP contribution < -0.4 is 14.8 Å². The monoisotopic (exact) mass is 353 g/mol. The molecule has 3 aliphatic heterocycles. The molecule has 3 aliphatic rings. The molecule has 138 valence electrons. The predicted octanol–water partition coefficient (Wildman–Crippen LogP) is 3.66. The molecule has 1 aromatic carbocycles. The van der Waals surface area contributed by atoms with Crippen LogP contribution in [0.4, 0.5) is 5.69 Å². The van der Waals surface area contributed by atoms with Gasteiger partial charge in [-0.3, -0.25) is 9.88 Å². The van der Waals surface area contributed by atoms with Crippen LogP contribution in [-0.4, -0.2) is 49.3 Å². The summed E-state index contributed by atoms with van der Waals surface area (Å²) in [7, 11) is 3.34. The van der Waals surface area contributed by atoms with Crippen LogP contribution in [0.15, 0.2) is 36.5 Å². The van der Waals surface area contributed by atoms with E-state index in [1.165, 1.54) is 25.9 Å². The van der Waals surface area contributed by atoms with E-state index >= 15 is 0 Å². The number of methoxy groups -OCH3 is 2. The smallest absolute Gasteiger partial charge is 0.128 e. The number of hydrogen-bond donors (Lipinski definition) is 1. The van der Waals surface area contributed by atoms with Gasteiger partial charge in [0.15, 0.2) is 0 Å². The van der Waals surface area contributed by atoms with Crippen LogP contribution in [0.1, 0.15) is 19.8 Å². The summed E-state index contributed by atoms with van der Waals surface area (Å²) in [4.78, 5) is 7.27. The van der Waals surface area contributed by atoms with Gasteiger partial charge < -0.3 is 14.8 Å². The average molecular weight is 353 g/mol. The van der Waals surface area contributed by atoms with Crippen LogP contribution in [0.2, 0.25) is 0 Å². The molecule has 2 atom stereocenters. The van der Waals surface area contributed by atoms with Crippen LogP contribution in [0.3, 0.4) is 0 Å². The zero-order valence-corrected chi connectivity index (χ0v) is 15.7. The van der Waals surface area contributed by atoms with Gasteiger partial charge in [0.05, 0.1) is 31.8 Å². The Morgan fingerprint density at radius 3 is 2.50 bits per heavy atom. The lowest BCUT2D eigenvalue weighted by Gasteiger charge is -2.50. The molecular formula is C21H27N3O2. The van der Waals surface area contributed by atoms with Gasteiger partial charge in [0, 0.05) is 17.6 Å². The minimum Gasteiger partial charge on any atom is -0.497 e. The van der Waals surface area contributed by atoms with Gasteiger partial charge in [-0.25, -0.2) is 0 Å². The van der Waals surface area contributed by atoms with Gasteiger partial charge in [-0.05, 0) is 69.1 Å². The molecule has 0 amide bonds. The predicted molar refractivity (Wildman–Crippen MR) is 104 cm³/mol. The summed E-state index contributed by atoms with van der Waals surface area (Å²) < 4.78 is 10.8. The number of aromatic nitrogens is 1. The molecule has 0 unspecified atom stereocenters. The second-order valence-electron chi connectivity index (χ2n) is 7.28. The Kier molecular flexibility index (Phi) is 4.72. The van der Waals surface area contributed by atoms with Gasteiger partial charge in [-0.15, -0.1) is 0 Å². The highest BCUT2D eigenvalue weighted by Crippen LogP contribution is 2.35. The summed E-state index contributed by atoms with van der Waals surface area (Å²) in [6.45, 7) is 4.83. The number of pyridine rings is 1. The van der Waals surface area contributed by atoms with Crippen molar-refractivity contribution in [1.82, 2.24) is 9.88 Å². The van der Waals surface area contributed by atoms with Crippen molar-refractivity contribution in [2.45, 2.75) is 31.8 Å². The van der Waals surface area contributed by atoms with E-state index in [1.54, 1.807) is 14.2 Å². The van der Waals surface area contributed by atoms with Crippen molar-refractivity contribution in [3.05, 3.63) is 36.5 Å². The SMILES string of the molecule is COc1ccc(OC)c(-c2ccc(N[C@H]3C4CCN(CC4)[C@@H]3C)cn2)c1. The first-order valence-corrected chi connectivity index (χ1v) is 9.38. The van der Waals surface area contributed by atoms with E-state index in [2.05, 4.69) is 28.2 Å². The highest BCUT2D eigenvalue weighted by molar-refractivity contribution is 5.70. The van der Waals surface area contributed by atoms with Gasteiger partial charge in [-0.2, -0.15) is 0 Å². The second-order valence-corrected chi connectivity index (χ2v) is 7.28. The molecule has 0 radical (unpaired) electrons. The first-order chi connectivity index (χ1) is 12.7. The van der Waals surface area contributed by atoms with Gasteiger partial charge in [0.1, 0.15) is 11.5 Å². The molecule has 3 saturated heterocycles. The number of anilines is 1. The van der Waals surface area contributed by atoms with E-state index in [0.29, 0.717) is 12.1 Å². The standard InChI is InChI=1S/C21H27N3O2/c1-14-21(15-8-10-24(14)11-9-15)23-16-4-6-19(22-13-16)18-12-17(25-2)5-7-20(18)26-3/h4-7,12-15,21,23H,8-11H2,1-3H3/t14-,21-/m1/s1. The number of benzene rings is 1. The first kappa shape index (κ1) is 17.2. The van der Waals surface area contributed by atoms with Gasteiger partial charge in [0.25, 0.3) is 0 Å². The molecule has 3 fully saturated rings. The van der Waals surface area contributed by atoms with Crippen LogP contribution in [-0.2, 0) is 0 Å². The van der Waals surface area contributed by atoms with Crippen molar-refractivity contribution in [3.8, 4) is 22.8 Å². The molecule has 26 heavy (non-hydrogen) atoms. The number of fused-ring (bicyclic) bond motifs is 3. The molecule has 2 aromatic rings. The number of nitrogens with zero attached hydrogens (tertiary/aromatic N) is 2. The largest absolute Gasteiger partial charge is 0.497 e. The molecule has 2 bridgehead atoms. The summed E-state index contributed by atoms with van der Waals surface area (Å²) in [5.41, 5.74) is 2.91. The lowest BCUT2D eigenvalue weighted by molar-refractivity contribution is 0.0458. The highest BCUT2D eigenvalue weighted by Gasteiger charge is 2.39. The van der Waals surface area contributed by atoms with Crippen molar-refractivity contribution >= 4 is 5.69 Å². The van der Waals surface area contributed by atoms with Crippen LogP contribution in [0.25, 0.3) is 11.3 Å². The van der Waals surface area contributed by atoms with Crippen LogP contribution in [0.5, 0.6) is 11.5 Å². The van der Waals surface area contributed by atoms with Crippen molar-refractivity contribution in [3.63, 3.8) is 0 Å². The maximum Gasteiger partial charge on any atom is 0.128 e. The Morgan fingerprint density at radius 2 is 1.88 bits per heavy atom. The Labute approximate surface area is 155 Å². The van der Waals surface area contributed by atoms with E-state index in [4.69, 9.17) is 9.47 Å². The Balaban J connectivity index is 1.54. The third kappa shape index (κ3) is 3.12. The van der Waals surface area contributed by atoms with Crippen molar-refractivity contribution in [1.29, 1.82) is 0 Å². The van der Waals surface area contributed by atoms with Crippen molar-refractivity contribution in [2.24, 2.45) is 5.92 Å². The molecule has 0 aliphatic carbocycles. The van der Waals surface area contributed by atoms with Gasteiger partial charge in [-0.1, -0.05) is 0 Å². The maximum absolute atomic E-state index is 5.48. The van der Waals surface area contributed by atoms with E-state index in [9.17, 15) is 0 Å². The van der Waals surface area contributed by atoms with Crippen molar-refractivity contribution < 1.29 is 9.47 Å².